The van der Waals surface area contributed by atoms with Crippen molar-refractivity contribution < 1.29 is 0 Å². The van der Waals surface area contributed by atoms with Crippen LogP contribution in [0.3, 0.4) is 0 Å². The Hall–Kier alpha value is -6.22. The molecule has 0 radical (unpaired) electrons. The third-order valence-electron chi connectivity index (χ3n) is 27.9. The molecular formula is C78H26S6. The van der Waals surface area contributed by atoms with E-state index in [2.05, 4.69) is 84.4 Å². The number of benzene rings is 18. The van der Waals surface area contributed by atoms with E-state index in [1.807, 2.05) is 22.3 Å². The summed E-state index contributed by atoms with van der Waals surface area (Å²) in [6, 6.07) is 0. The van der Waals surface area contributed by atoms with E-state index in [1.165, 1.54) is 50.0 Å². The van der Waals surface area contributed by atoms with Gasteiger partial charge in [-0.1, -0.05) is 86.6 Å². The van der Waals surface area contributed by atoms with Gasteiger partial charge < -0.3 is 0 Å². The van der Waals surface area contributed by atoms with Gasteiger partial charge in [-0.2, -0.15) is 0 Å². The molecule has 0 saturated heterocycles. The van der Waals surface area contributed by atoms with Crippen LogP contribution in [0.1, 0.15) is 87.5 Å². The van der Waals surface area contributed by atoms with E-state index in [0.29, 0.717) is 0 Å². The van der Waals surface area contributed by atoms with Gasteiger partial charge >= 0.3 is 0 Å². The molecule has 28 aromatic carbocycles. The zero-order valence-electron chi connectivity index (χ0n) is 44.5. The van der Waals surface area contributed by atoms with Gasteiger partial charge in [0.2, 0.25) is 0 Å². The van der Waals surface area contributed by atoms with Gasteiger partial charge in [0, 0.05) is 20.6 Å². The Morgan fingerprint density at radius 3 is 0.607 bits per heavy atom. The number of hydrogen-bond donors (Lipinski definition) is 0. The van der Waals surface area contributed by atoms with Crippen molar-refractivity contribution in [2.75, 3.05) is 11.5 Å². The fourth-order valence-electron chi connectivity index (χ4n) is 27.0. The Balaban J connectivity index is 0.850. The van der Waals surface area contributed by atoms with Gasteiger partial charge in [0.25, 0.3) is 0 Å². The quantitative estimate of drug-likeness (QED) is 0.0982. The maximum absolute atomic E-state index is 2.36. The second-order valence-corrected chi connectivity index (χ2v) is 36.9. The maximum atomic E-state index is 2.36. The molecule has 2 aliphatic heterocycles. The number of rotatable bonds is 10. The molecule has 6 heteroatoms. The van der Waals surface area contributed by atoms with Crippen molar-refractivity contribution in [2.45, 2.75) is 76.0 Å². The molecule has 0 bridgehead atoms. The zero-order valence-corrected chi connectivity index (χ0v) is 49.4. The molecule has 0 nitrogen and oxygen atoms in total. The predicted molar refractivity (Wildman–Crippen MR) is 379 cm³/mol. The SMILES string of the molecule is CCCCCSC1=C(SCCCCC)SC(=C2SC3=C(CC45c6c7c8c9c%10c%11c(c%12c%13c4c4c6c6c%14c7c7c8c8c%10c%10c%15c%11c%11c%12c%12c%13c%13c4c4c6c6c%14c%14c7c7c8c%10c8c%10c%15c%11c%11c%12c%12c%13c4c4c6c6c%14c7c8c7c%10c%11c%12c4c67)C95C3)S2)S1. The smallest absolute Gasteiger partial charge is 0.0717 e. The topological polar surface area (TPSA) is 0 Å². The van der Waals surface area contributed by atoms with Crippen LogP contribution in [0, 0.1) is 0 Å². The van der Waals surface area contributed by atoms with Crippen LogP contribution in [0.4, 0.5) is 0 Å². The van der Waals surface area contributed by atoms with Crippen molar-refractivity contribution in [3.63, 3.8) is 0 Å². The highest BCUT2D eigenvalue weighted by atomic mass is 32.3. The molecule has 2 heterocycles. The molecule has 0 aromatic heterocycles. The summed E-state index contributed by atoms with van der Waals surface area (Å²) in [6.07, 6.45) is 10.1. The molecule has 374 valence electrons. The number of hydrogen-bond acceptors (Lipinski definition) is 6. The Morgan fingerprint density at radius 2 is 0.417 bits per heavy atom. The summed E-state index contributed by atoms with van der Waals surface area (Å²) in [4.78, 5) is 3.46. The van der Waals surface area contributed by atoms with Crippen LogP contribution in [0.5, 0.6) is 0 Å². The fraction of sp³-hybridized carbons (Fsp3) is 0.179. The van der Waals surface area contributed by atoms with Crippen LogP contribution in [0.25, 0.3) is 291 Å². The second kappa shape index (κ2) is 9.65. The van der Waals surface area contributed by atoms with E-state index in [9.17, 15) is 0 Å². The summed E-state index contributed by atoms with van der Waals surface area (Å²) < 4.78 is 6.41. The molecule has 0 fully saturated rings. The van der Waals surface area contributed by atoms with Crippen LogP contribution in [0.15, 0.2) is 26.8 Å². The lowest BCUT2D eigenvalue weighted by molar-refractivity contribution is 0.309. The molecule has 5 aliphatic carbocycles. The lowest BCUT2D eigenvalue weighted by Gasteiger charge is -2.57. The van der Waals surface area contributed by atoms with Crippen LogP contribution in [-0.4, -0.2) is 11.5 Å². The van der Waals surface area contributed by atoms with E-state index in [0.717, 1.165) is 12.8 Å². The van der Waals surface area contributed by atoms with Gasteiger partial charge in [-0.3, -0.25) is 0 Å². The highest BCUT2D eigenvalue weighted by molar-refractivity contribution is 8.42. The molecule has 28 aromatic rings. The van der Waals surface area contributed by atoms with Gasteiger partial charge in [0.15, 0.2) is 0 Å². The first kappa shape index (κ1) is 37.4. The van der Waals surface area contributed by atoms with E-state index in [-0.39, 0.29) is 10.8 Å². The Kier molecular flexibility index (Phi) is 4.29. The van der Waals surface area contributed by atoms with Gasteiger partial charge in [0.1, 0.15) is 0 Å². The summed E-state index contributed by atoms with van der Waals surface area (Å²) in [5, 5.41) is 91.8. The molecule has 0 amide bonds. The van der Waals surface area contributed by atoms with Crippen molar-refractivity contribution in [1.29, 1.82) is 0 Å². The average Bonchev–Trinajstić information content (AvgIpc) is 1.39. The lowest BCUT2D eigenvalue weighted by Crippen LogP contribution is -2.53. The third kappa shape index (κ3) is 2.44. The Bertz CT molecular complexity index is 7250. The van der Waals surface area contributed by atoms with Crippen molar-refractivity contribution in [1.82, 2.24) is 0 Å². The zero-order chi connectivity index (χ0) is 51.3. The largest absolute Gasteiger partial charge is 0.117 e. The van der Waals surface area contributed by atoms with Gasteiger partial charge in [0.05, 0.1) is 16.9 Å². The number of thioether (sulfide) groups is 6. The number of allylic oxidation sites excluding steroid dienone is 2. The van der Waals surface area contributed by atoms with E-state index < -0.39 is 0 Å². The molecule has 0 unspecified atom stereocenters. The monoisotopic (exact) mass is 1150 g/mol. The molecular weight excluding hydrogens is 1130 g/mol. The van der Waals surface area contributed by atoms with Crippen molar-refractivity contribution in [3.8, 4) is 0 Å². The minimum Gasteiger partial charge on any atom is -0.117 e. The fourth-order valence-corrected chi connectivity index (χ4v) is 36.2. The van der Waals surface area contributed by atoms with Crippen LogP contribution < -0.4 is 0 Å². The summed E-state index contributed by atoms with van der Waals surface area (Å²) in [7, 11) is 0. The standard InChI is InChI=1S/C78H26S6/c1-3-5-7-9-79-73-74(80-10-8-6-4-2)84-76(83-73)75-81-13-11-77-69-61-53-43-33-25-17-15-16-19-23-21(17)29-37-31(23)41-35-27(19)28-20(16)24-22-18(15)26(25)34-40-30(22)38-32(24)42-36(28)46-45(35)55-49(41)59-51(37)57(47(53)39(29)33)65(69)67(59)71-63(55)64-56(46)50(42)60-52(38)58-48(40)54(44(34)43)62(61)70(77)66(58)68(60)72(64)78(71,77)12-14(13)82-75/h3-12H2,1-2H3. The summed E-state index contributed by atoms with van der Waals surface area (Å²) in [6.45, 7) is 4.72. The Morgan fingerprint density at radius 1 is 0.238 bits per heavy atom. The van der Waals surface area contributed by atoms with Gasteiger partial charge in [-0.15, -0.1) is 23.5 Å². The minimum atomic E-state index is -0.209. The van der Waals surface area contributed by atoms with Crippen LogP contribution >= 0.6 is 70.6 Å². The normalized spacial score (nSPS) is 22.8. The van der Waals surface area contributed by atoms with Crippen LogP contribution in [-0.2, 0) is 10.8 Å². The first-order valence-electron chi connectivity index (χ1n) is 31.7. The molecule has 2 spiro atoms. The third-order valence-corrected chi connectivity index (χ3v) is 36.8. The molecule has 7 aliphatic rings. The van der Waals surface area contributed by atoms with Crippen LogP contribution in [0.2, 0.25) is 0 Å². The second-order valence-electron chi connectivity index (χ2n) is 29.4. The lowest BCUT2D eigenvalue weighted by atomic mass is 9.45. The first-order chi connectivity index (χ1) is 41.8. The molecule has 0 saturated carbocycles. The minimum absolute atomic E-state index is 0.209. The van der Waals surface area contributed by atoms with Gasteiger partial charge in [-0.05, 0) is 350 Å². The maximum Gasteiger partial charge on any atom is 0.0717 e. The first-order valence-corrected chi connectivity index (χ1v) is 36.9. The van der Waals surface area contributed by atoms with E-state index in [1.54, 1.807) is 318 Å². The van der Waals surface area contributed by atoms with E-state index in [4.69, 9.17) is 0 Å². The van der Waals surface area contributed by atoms with Gasteiger partial charge in [-0.25, -0.2) is 0 Å². The molecule has 84 heavy (non-hydrogen) atoms. The van der Waals surface area contributed by atoms with E-state index >= 15 is 0 Å². The van der Waals surface area contributed by atoms with Crippen molar-refractivity contribution in [2.24, 2.45) is 0 Å². The molecule has 0 N–H and O–H groups in total. The highest BCUT2D eigenvalue weighted by Gasteiger charge is 2.71. The predicted octanol–water partition coefficient (Wildman–Crippen LogP) is 25.4. The summed E-state index contributed by atoms with van der Waals surface area (Å²) in [5.41, 5.74) is 6.91. The Labute approximate surface area is 493 Å². The summed E-state index contributed by atoms with van der Waals surface area (Å²) in [5.74, 6) is 2.48. The average molecular weight is 1160 g/mol. The van der Waals surface area contributed by atoms with Crippen molar-refractivity contribution >= 4 is 361 Å². The number of unbranched alkanes of at least 4 members (excludes halogenated alkanes) is 4. The van der Waals surface area contributed by atoms with Crippen molar-refractivity contribution in [3.05, 3.63) is 49.0 Å². The highest BCUT2D eigenvalue weighted by Crippen LogP contribution is 2.87. The molecule has 35 rings (SSSR count). The molecule has 0 atom stereocenters. The summed E-state index contributed by atoms with van der Waals surface area (Å²) >= 11 is 13.2.